The summed E-state index contributed by atoms with van der Waals surface area (Å²) in [5, 5.41) is 22.6. The maximum absolute atomic E-state index is 14.4. The van der Waals surface area contributed by atoms with E-state index in [1.165, 1.54) is 30.0 Å². The molecule has 1 aromatic carbocycles. The Morgan fingerprint density at radius 1 is 1.43 bits per heavy atom. The van der Waals surface area contributed by atoms with Crippen molar-refractivity contribution in [2.24, 2.45) is 7.05 Å². The molecule has 0 fully saturated rings. The van der Waals surface area contributed by atoms with E-state index in [-0.39, 0.29) is 41.4 Å². The minimum Gasteiger partial charge on any atom is -0.463 e. The van der Waals surface area contributed by atoms with E-state index in [9.17, 15) is 14.3 Å². The first-order chi connectivity index (χ1) is 13.3. The molecule has 3 rings (SSSR count). The summed E-state index contributed by atoms with van der Waals surface area (Å²) in [6.07, 6.45) is -0.00708. The summed E-state index contributed by atoms with van der Waals surface area (Å²) in [4.78, 5) is 17.8. The monoisotopic (exact) mass is 503 g/mol. The van der Waals surface area contributed by atoms with Gasteiger partial charge in [-0.15, -0.1) is 0 Å². The number of aliphatic hydroxyl groups excluding tert-OH is 2. The highest BCUT2D eigenvalue weighted by molar-refractivity contribution is 14.1. The van der Waals surface area contributed by atoms with Crippen molar-refractivity contribution in [2.45, 2.75) is 13.2 Å². The first-order valence-electron chi connectivity index (χ1n) is 8.34. The Morgan fingerprint density at radius 2 is 2.18 bits per heavy atom. The zero-order valence-corrected chi connectivity index (χ0v) is 17.3. The molecule has 2 heterocycles. The molecule has 0 aliphatic carbocycles. The van der Waals surface area contributed by atoms with E-state index in [0.717, 1.165) is 0 Å². The number of aliphatic hydroxyl groups is 2. The van der Waals surface area contributed by atoms with Gasteiger partial charge in [-0.1, -0.05) is 0 Å². The Kier molecular flexibility index (Phi) is 6.35. The second kappa shape index (κ2) is 8.57. The summed E-state index contributed by atoms with van der Waals surface area (Å²) in [6, 6.07) is 4.58. The van der Waals surface area contributed by atoms with Crippen molar-refractivity contribution >= 4 is 45.1 Å². The average Bonchev–Trinajstić information content (AvgIpc) is 3.03. The van der Waals surface area contributed by atoms with Crippen LogP contribution in [0.1, 0.15) is 17.4 Å². The molecule has 0 radical (unpaired) electrons. The molecule has 0 bridgehead atoms. The lowest BCUT2D eigenvalue weighted by molar-refractivity contribution is -0.0673. The standard InChI is InChI=1S/C18H19FIN3O5/c1-9-8-27-15-13(9)18(26)23(2)16(14(15)17(25)22-28-6-5-24)21-12-4-3-10(20)7-11(12)19/h3-4,7-8,17,21-22,24-25H,5-6H2,1-2H3. The van der Waals surface area contributed by atoms with Gasteiger partial charge in [0.1, 0.15) is 11.6 Å². The first kappa shape index (κ1) is 20.7. The zero-order valence-electron chi connectivity index (χ0n) is 15.1. The van der Waals surface area contributed by atoms with Crippen LogP contribution in [-0.4, -0.2) is 28.0 Å². The maximum atomic E-state index is 14.4. The fraction of sp³-hybridized carbons (Fsp3) is 0.278. The van der Waals surface area contributed by atoms with Gasteiger partial charge in [-0.3, -0.25) is 14.2 Å². The summed E-state index contributed by atoms with van der Waals surface area (Å²) in [6.45, 7) is 1.41. The second-order valence-electron chi connectivity index (χ2n) is 6.09. The molecule has 3 aromatic rings. The van der Waals surface area contributed by atoms with Gasteiger partial charge in [0.2, 0.25) is 0 Å². The van der Waals surface area contributed by atoms with Gasteiger partial charge in [0, 0.05) is 16.2 Å². The van der Waals surface area contributed by atoms with Crippen molar-refractivity contribution in [1.82, 2.24) is 10.0 Å². The normalized spacial score (nSPS) is 12.5. The van der Waals surface area contributed by atoms with Crippen LogP contribution in [0.5, 0.6) is 0 Å². The van der Waals surface area contributed by atoms with Gasteiger partial charge < -0.3 is 19.9 Å². The lowest BCUT2D eigenvalue weighted by Crippen LogP contribution is -2.28. The number of benzene rings is 1. The number of furan rings is 1. The van der Waals surface area contributed by atoms with Crippen molar-refractivity contribution < 1.29 is 23.9 Å². The highest BCUT2D eigenvalue weighted by Crippen LogP contribution is 2.33. The topological polar surface area (TPSA) is 109 Å². The fourth-order valence-corrected chi connectivity index (χ4v) is 3.28. The smallest absolute Gasteiger partial charge is 0.263 e. The summed E-state index contributed by atoms with van der Waals surface area (Å²) in [5.41, 5.74) is 3.08. The molecule has 28 heavy (non-hydrogen) atoms. The third-order valence-corrected chi connectivity index (χ3v) is 4.85. The van der Waals surface area contributed by atoms with Crippen molar-refractivity contribution in [3.63, 3.8) is 0 Å². The van der Waals surface area contributed by atoms with Gasteiger partial charge in [-0.25, -0.2) is 4.39 Å². The van der Waals surface area contributed by atoms with Crippen molar-refractivity contribution in [3.05, 3.63) is 55.3 Å². The molecule has 0 spiro atoms. The SMILES string of the molecule is Cc1coc2c(C(O)NOCCO)c(Nc3ccc(I)cc3F)n(C)c(=O)c12. The van der Waals surface area contributed by atoms with Crippen molar-refractivity contribution in [1.29, 1.82) is 0 Å². The van der Waals surface area contributed by atoms with Crippen LogP contribution < -0.4 is 16.4 Å². The minimum absolute atomic E-state index is 0.0579. The Bertz CT molecular complexity index is 1070. The number of aryl methyl sites for hydroxylation is 1. The van der Waals surface area contributed by atoms with E-state index in [1.807, 2.05) is 22.6 Å². The molecule has 0 amide bonds. The number of nitrogens with zero attached hydrogens (tertiary/aromatic N) is 1. The van der Waals surface area contributed by atoms with E-state index >= 15 is 0 Å². The summed E-state index contributed by atoms with van der Waals surface area (Å²) in [5.74, 6) is -0.375. The summed E-state index contributed by atoms with van der Waals surface area (Å²) in [7, 11) is 1.51. The molecule has 2 aromatic heterocycles. The van der Waals surface area contributed by atoms with Crippen molar-refractivity contribution in [3.8, 4) is 0 Å². The number of fused-ring (bicyclic) bond motifs is 1. The van der Waals surface area contributed by atoms with E-state index in [1.54, 1.807) is 13.0 Å². The Hall–Kier alpha value is -1.99. The molecule has 10 heteroatoms. The van der Waals surface area contributed by atoms with Gasteiger partial charge in [0.05, 0.1) is 36.1 Å². The lowest BCUT2D eigenvalue weighted by Gasteiger charge is -2.21. The number of rotatable bonds is 7. The number of pyridine rings is 1. The van der Waals surface area contributed by atoms with E-state index in [0.29, 0.717) is 14.5 Å². The number of halogens is 2. The van der Waals surface area contributed by atoms with Gasteiger partial charge >= 0.3 is 0 Å². The molecule has 4 N–H and O–H groups in total. The van der Waals surface area contributed by atoms with E-state index < -0.39 is 12.0 Å². The number of anilines is 2. The first-order valence-corrected chi connectivity index (χ1v) is 9.42. The third-order valence-electron chi connectivity index (χ3n) is 4.17. The van der Waals surface area contributed by atoms with Crippen LogP contribution in [0.25, 0.3) is 11.0 Å². The summed E-state index contributed by atoms with van der Waals surface area (Å²) < 4.78 is 21.9. The van der Waals surface area contributed by atoms with Gasteiger partial charge in [0.25, 0.3) is 5.56 Å². The quantitative estimate of drug-likeness (QED) is 0.170. The highest BCUT2D eigenvalue weighted by atomic mass is 127. The van der Waals surface area contributed by atoms with Crippen LogP contribution in [0.4, 0.5) is 15.9 Å². The average molecular weight is 503 g/mol. The highest BCUT2D eigenvalue weighted by Gasteiger charge is 2.25. The fourth-order valence-electron chi connectivity index (χ4n) is 2.83. The van der Waals surface area contributed by atoms with Crippen LogP contribution in [0.2, 0.25) is 0 Å². The van der Waals surface area contributed by atoms with Crippen LogP contribution in [0.3, 0.4) is 0 Å². The van der Waals surface area contributed by atoms with Gasteiger partial charge in [-0.2, -0.15) is 5.48 Å². The maximum Gasteiger partial charge on any atom is 0.263 e. The van der Waals surface area contributed by atoms with E-state index in [2.05, 4.69) is 10.8 Å². The predicted molar refractivity (Wildman–Crippen MR) is 110 cm³/mol. The molecule has 0 saturated heterocycles. The number of hydrogen-bond donors (Lipinski definition) is 4. The van der Waals surface area contributed by atoms with Crippen molar-refractivity contribution in [2.75, 3.05) is 18.5 Å². The Labute approximate surface area is 173 Å². The number of hydroxylamine groups is 1. The molecule has 0 saturated carbocycles. The molecule has 150 valence electrons. The molecule has 0 aliphatic heterocycles. The minimum atomic E-state index is -1.42. The number of nitrogens with one attached hydrogen (secondary N) is 2. The van der Waals surface area contributed by atoms with Gasteiger partial charge in [-0.05, 0) is 47.7 Å². The molecule has 0 aliphatic rings. The number of hydrogen-bond acceptors (Lipinski definition) is 7. The second-order valence-corrected chi connectivity index (χ2v) is 7.34. The van der Waals surface area contributed by atoms with Crippen LogP contribution in [-0.2, 0) is 11.9 Å². The van der Waals surface area contributed by atoms with E-state index in [4.69, 9.17) is 14.4 Å². The lowest BCUT2D eigenvalue weighted by atomic mass is 10.1. The summed E-state index contributed by atoms with van der Waals surface area (Å²) >= 11 is 1.99. The zero-order chi connectivity index (χ0) is 20.4. The largest absolute Gasteiger partial charge is 0.463 e. The molecule has 8 nitrogen and oxygen atoms in total. The number of aromatic nitrogens is 1. The molecular formula is C18H19FIN3O5. The molecule has 1 atom stereocenters. The molecular weight excluding hydrogens is 484 g/mol. The van der Waals surface area contributed by atoms with Crippen LogP contribution >= 0.6 is 22.6 Å². The van der Waals surface area contributed by atoms with Gasteiger partial charge in [0.15, 0.2) is 11.8 Å². The Balaban J connectivity index is 2.17. The van der Waals surface area contributed by atoms with Crippen LogP contribution in [0, 0.1) is 16.3 Å². The predicted octanol–water partition coefficient (Wildman–Crippen LogP) is 2.43. The molecule has 1 unspecified atom stereocenters. The Morgan fingerprint density at radius 3 is 2.86 bits per heavy atom. The van der Waals surface area contributed by atoms with Crippen LogP contribution in [0.15, 0.2) is 33.7 Å². The third kappa shape index (κ3) is 3.91.